The number of aryl methyl sites for hydroxylation is 1. The van der Waals surface area contributed by atoms with Gasteiger partial charge in [0.25, 0.3) is 0 Å². The van der Waals surface area contributed by atoms with E-state index in [0.29, 0.717) is 30.7 Å². The van der Waals surface area contributed by atoms with Gasteiger partial charge in [0.2, 0.25) is 10.0 Å². The summed E-state index contributed by atoms with van der Waals surface area (Å²) in [5, 5.41) is 0. The SMILES string of the molecule is CCN(C1CCS(=O)(=O)C1)S(=O)(=O)C1=Cc2ccccc2CC1. The van der Waals surface area contributed by atoms with Gasteiger partial charge in [0.15, 0.2) is 9.84 Å². The second-order valence-corrected chi connectivity index (χ2v) is 10.2. The molecule has 1 unspecified atom stereocenters. The predicted octanol–water partition coefficient (Wildman–Crippen LogP) is 1.81. The molecule has 1 aromatic rings. The van der Waals surface area contributed by atoms with Crippen LogP contribution in [0.3, 0.4) is 0 Å². The average Bonchev–Trinajstić information content (AvgIpc) is 2.87. The first-order valence-corrected chi connectivity index (χ1v) is 11.1. The van der Waals surface area contributed by atoms with Gasteiger partial charge in [-0.15, -0.1) is 0 Å². The minimum absolute atomic E-state index is 0.0655. The maximum Gasteiger partial charge on any atom is 0.239 e. The lowest BCUT2D eigenvalue weighted by Gasteiger charge is -2.28. The third-order valence-electron chi connectivity index (χ3n) is 4.58. The van der Waals surface area contributed by atoms with Gasteiger partial charge in [-0.1, -0.05) is 31.2 Å². The van der Waals surface area contributed by atoms with Crippen molar-refractivity contribution in [2.24, 2.45) is 0 Å². The van der Waals surface area contributed by atoms with Crippen LogP contribution in [0, 0.1) is 0 Å². The molecule has 3 rings (SSSR count). The van der Waals surface area contributed by atoms with Crippen LogP contribution < -0.4 is 0 Å². The van der Waals surface area contributed by atoms with E-state index in [-0.39, 0.29) is 11.5 Å². The number of hydrogen-bond donors (Lipinski definition) is 0. The zero-order chi connectivity index (χ0) is 16.7. The summed E-state index contributed by atoms with van der Waals surface area (Å²) in [5.41, 5.74) is 2.09. The maximum atomic E-state index is 13.0. The van der Waals surface area contributed by atoms with Crippen LogP contribution in [-0.4, -0.2) is 45.2 Å². The Balaban J connectivity index is 1.93. The van der Waals surface area contributed by atoms with Gasteiger partial charge in [-0.3, -0.25) is 0 Å². The lowest BCUT2D eigenvalue weighted by Crippen LogP contribution is -2.41. The van der Waals surface area contributed by atoms with Crippen molar-refractivity contribution in [1.82, 2.24) is 4.31 Å². The van der Waals surface area contributed by atoms with E-state index in [9.17, 15) is 16.8 Å². The van der Waals surface area contributed by atoms with Crippen molar-refractivity contribution in [1.29, 1.82) is 0 Å². The minimum Gasteiger partial charge on any atom is -0.229 e. The topological polar surface area (TPSA) is 71.5 Å². The largest absolute Gasteiger partial charge is 0.239 e. The molecule has 0 aromatic heterocycles. The summed E-state index contributed by atoms with van der Waals surface area (Å²) >= 11 is 0. The van der Waals surface area contributed by atoms with Crippen molar-refractivity contribution >= 4 is 25.9 Å². The Kier molecular flexibility index (Phi) is 4.37. The summed E-state index contributed by atoms with van der Waals surface area (Å²) < 4.78 is 50.7. The van der Waals surface area contributed by atoms with Crippen molar-refractivity contribution in [3.63, 3.8) is 0 Å². The fourth-order valence-corrected chi connectivity index (χ4v) is 7.06. The monoisotopic (exact) mass is 355 g/mol. The molecular formula is C16H21NO4S2. The first kappa shape index (κ1) is 16.7. The lowest BCUT2D eigenvalue weighted by molar-refractivity contribution is 0.357. The van der Waals surface area contributed by atoms with E-state index in [1.165, 1.54) is 4.31 Å². The molecule has 23 heavy (non-hydrogen) atoms. The normalized spacial score (nSPS) is 23.6. The first-order valence-electron chi connectivity index (χ1n) is 7.84. The van der Waals surface area contributed by atoms with Crippen LogP contribution in [0.4, 0.5) is 0 Å². The molecule has 1 aliphatic heterocycles. The Morgan fingerprint density at radius 2 is 1.96 bits per heavy atom. The smallest absolute Gasteiger partial charge is 0.229 e. The van der Waals surface area contributed by atoms with Crippen molar-refractivity contribution in [3.05, 3.63) is 40.3 Å². The van der Waals surface area contributed by atoms with Crippen LogP contribution in [0.15, 0.2) is 29.2 Å². The first-order chi connectivity index (χ1) is 10.8. The zero-order valence-electron chi connectivity index (χ0n) is 13.1. The summed E-state index contributed by atoms with van der Waals surface area (Å²) in [6, 6.07) is 7.34. The number of hydrogen-bond acceptors (Lipinski definition) is 4. The Labute approximate surface area is 138 Å². The number of sulfone groups is 1. The molecule has 126 valence electrons. The number of rotatable bonds is 4. The molecule has 0 N–H and O–H groups in total. The van der Waals surface area contributed by atoms with E-state index >= 15 is 0 Å². The third-order valence-corrected chi connectivity index (χ3v) is 8.49. The van der Waals surface area contributed by atoms with E-state index in [0.717, 1.165) is 11.1 Å². The second kappa shape index (κ2) is 6.03. The van der Waals surface area contributed by atoms with Gasteiger partial charge >= 0.3 is 0 Å². The lowest BCUT2D eigenvalue weighted by atomic mass is 9.98. The fraction of sp³-hybridized carbons (Fsp3) is 0.500. The summed E-state index contributed by atoms with van der Waals surface area (Å²) in [6.07, 6.45) is 3.29. The van der Waals surface area contributed by atoms with E-state index in [4.69, 9.17) is 0 Å². The maximum absolute atomic E-state index is 13.0. The van der Waals surface area contributed by atoms with Crippen LogP contribution >= 0.6 is 0 Å². The van der Waals surface area contributed by atoms with Gasteiger partial charge < -0.3 is 0 Å². The van der Waals surface area contributed by atoms with Gasteiger partial charge in [-0.25, -0.2) is 16.8 Å². The molecule has 5 nitrogen and oxygen atoms in total. The predicted molar refractivity (Wildman–Crippen MR) is 91.1 cm³/mol. The average molecular weight is 355 g/mol. The van der Waals surface area contributed by atoms with Crippen molar-refractivity contribution < 1.29 is 16.8 Å². The molecule has 0 bridgehead atoms. The van der Waals surface area contributed by atoms with Gasteiger partial charge in [0.05, 0.1) is 16.4 Å². The molecule has 0 amide bonds. The molecule has 1 atom stereocenters. The fourth-order valence-electron chi connectivity index (χ4n) is 3.39. The van der Waals surface area contributed by atoms with E-state index < -0.39 is 25.9 Å². The number of nitrogens with zero attached hydrogens (tertiary/aromatic N) is 1. The highest BCUT2D eigenvalue weighted by Gasteiger charge is 2.39. The van der Waals surface area contributed by atoms with Crippen molar-refractivity contribution in [2.75, 3.05) is 18.1 Å². The Hall–Kier alpha value is -1.18. The summed E-state index contributed by atoms with van der Waals surface area (Å²) in [5.74, 6) is 0.00943. The molecule has 2 aliphatic rings. The van der Waals surface area contributed by atoms with Crippen LogP contribution in [0.2, 0.25) is 0 Å². The van der Waals surface area contributed by atoms with Gasteiger partial charge in [0, 0.05) is 12.6 Å². The number of allylic oxidation sites excluding steroid dienone is 1. The highest BCUT2D eigenvalue weighted by atomic mass is 32.2. The molecule has 1 heterocycles. The molecule has 1 aromatic carbocycles. The molecule has 1 aliphatic carbocycles. The van der Waals surface area contributed by atoms with Gasteiger partial charge in [-0.2, -0.15) is 4.31 Å². The minimum atomic E-state index is -3.62. The molecule has 1 saturated heterocycles. The standard InChI is InChI=1S/C16H21NO4S2/c1-2-17(15-9-10-22(18,19)12-15)23(20,21)16-8-7-13-5-3-4-6-14(13)11-16/h3-6,11,15H,2,7-10,12H2,1H3. The Bertz CT molecular complexity index is 841. The van der Waals surface area contributed by atoms with Crippen molar-refractivity contribution in [2.45, 2.75) is 32.2 Å². The summed E-state index contributed by atoms with van der Waals surface area (Å²) in [7, 11) is -6.74. The summed E-state index contributed by atoms with van der Waals surface area (Å²) in [4.78, 5) is 0.391. The van der Waals surface area contributed by atoms with Gasteiger partial charge in [0.1, 0.15) is 0 Å². The molecule has 0 spiro atoms. The molecule has 0 radical (unpaired) electrons. The number of sulfonamides is 1. The van der Waals surface area contributed by atoms with Crippen molar-refractivity contribution in [3.8, 4) is 0 Å². The quantitative estimate of drug-likeness (QED) is 0.826. The van der Waals surface area contributed by atoms with E-state index in [1.807, 2.05) is 24.3 Å². The Morgan fingerprint density at radius 1 is 1.22 bits per heavy atom. The third kappa shape index (κ3) is 3.22. The Morgan fingerprint density at radius 3 is 2.61 bits per heavy atom. The van der Waals surface area contributed by atoms with Crippen LogP contribution in [0.1, 0.15) is 30.9 Å². The van der Waals surface area contributed by atoms with Crippen LogP contribution in [-0.2, 0) is 26.3 Å². The summed E-state index contributed by atoms with van der Waals surface area (Å²) in [6.45, 7) is 2.06. The molecule has 1 fully saturated rings. The molecule has 7 heteroatoms. The zero-order valence-corrected chi connectivity index (χ0v) is 14.7. The second-order valence-electron chi connectivity index (χ2n) is 6.07. The van der Waals surface area contributed by atoms with Crippen LogP contribution in [0.25, 0.3) is 6.08 Å². The van der Waals surface area contributed by atoms with Crippen LogP contribution in [0.5, 0.6) is 0 Å². The van der Waals surface area contributed by atoms with E-state index in [2.05, 4.69) is 0 Å². The number of benzene rings is 1. The molecular weight excluding hydrogens is 334 g/mol. The molecule has 0 saturated carbocycles. The number of fused-ring (bicyclic) bond motifs is 1. The van der Waals surface area contributed by atoms with E-state index in [1.54, 1.807) is 13.0 Å². The highest BCUT2D eigenvalue weighted by molar-refractivity contribution is 7.93. The highest BCUT2D eigenvalue weighted by Crippen LogP contribution is 2.31. The van der Waals surface area contributed by atoms with Gasteiger partial charge in [-0.05, 0) is 36.5 Å².